The van der Waals surface area contributed by atoms with Gasteiger partial charge >= 0.3 is 0 Å². The van der Waals surface area contributed by atoms with Crippen LogP contribution in [0.25, 0.3) is 0 Å². The molecule has 0 aliphatic heterocycles. The Hall–Kier alpha value is 0.427. The predicted octanol–water partition coefficient (Wildman–Crippen LogP) is -1.32. The molecule has 0 aromatic heterocycles. The lowest BCUT2D eigenvalue weighted by atomic mass is 10.6. The van der Waals surface area contributed by atoms with Crippen molar-refractivity contribution in [3.63, 3.8) is 0 Å². The minimum absolute atomic E-state index is 0.225. The van der Waals surface area contributed by atoms with Crippen molar-refractivity contribution >= 4 is 21.8 Å². The van der Waals surface area contributed by atoms with Crippen molar-refractivity contribution in [1.29, 1.82) is 0 Å². The molecule has 0 bridgehead atoms. The SMILES string of the molecule is CNCCNC([SiH3])Cl. The Kier molecular flexibility index (Phi) is 5.86. The molecule has 0 aliphatic carbocycles. The second-order valence-electron chi connectivity index (χ2n) is 1.67. The predicted molar refractivity (Wildman–Crippen MR) is 41.5 cm³/mol. The van der Waals surface area contributed by atoms with E-state index in [-0.39, 0.29) is 5.12 Å². The minimum atomic E-state index is 0.225. The van der Waals surface area contributed by atoms with Gasteiger partial charge in [0.2, 0.25) is 0 Å². The third kappa shape index (κ3) is 6.43. The van der Waals surface area contributed by atoms with Crippen molar-refractivity contribution in [2.24, 2.45) is 0 Å². The average Bonchev–Trinajstić information content (AvgIpc) is 1.66. The van der Waals surface area contributed by atoms with Gasteiger partial charge in [-0.15, -0.1) is 11.6 Å². The molecule has 4 heteroatoms. The van der Waals surface area contributed by atoms with Crippen molar-refractivity contribution in [3.8, 4) is 0 Å². The zero-order valence-electron chi connectivity index (χ0n) is 5.37. The van der Waals surface area contributed by atoms with E-state index in [9.17, 15) is 0 Å². The molecule has 0 aromatic rings. The Balaban J connectivity index is 2.72. The molecular formula is C4H13ClN2Si. The quantitative estimate of drug-likeness (QED) is 0.226. The lowest BCUT2D eigenvalue weighted by Crippen LogP contribution is -2.30. The van der Waals surface area contributed by atoms with Crippen LogP contribution < -0.4 is 10.6 Å². The van der Waals surface area contributed by atoms with Crippen LogP contribution in [0.2, 0.25) is 0 Å². The molecule has 0 aliphatic rings. The summed E-state index contributed by atoms with van der Waals surface area (Å²) in [6.07, 6.45) is 0. The normalized spacial score (nSPS) is 14.2. The van der Waals surface area contributed by atoms with Gasteiger partial charge in [-0.2, -0.15) is 0 Å². The maximum absolute atomic E-state index is 5.64. The highest BCUT2D eigenvalue weighted by molar-refractivity contribution is 6.40. The summed E-state index contributed by atoms with van der Waals surface area (Å²) in [6.45, 7) is 1.96. The molecular weight excluding hydrogens is 140 g/mol. The molecule has 0 heterocycles. The Morgan fingerprint density at radius 1 is 1.62 bits per heavy atom. The lowest BCUT2D eigenvalue weighted by Gasteiger charge is -2.03. The van der Waals surface area contributed by atoms with Crippen LogP contribution in [0, 0.1) is 0 Å². The molecule has 2 N–H and O–H groups in total. The van der Waals surface area contributed by atoms with Crippen LogP contribution in [0.5, 0.6) is 0 Å². The summed E-state index contributed by atoms with van der Waals surface area (Å²) in [4.78, 5) is 0. The minimum Gasteiger partial charge on any atom is -0.318 e. The van der Waals surface area contributed by atoms with Gasteiger partial charge in [-0.1, -0.05) is 0 Å². The first-order valence-corrected chi connectivity index (χ1v) is 4.38. The van der Waals surface area contributed by atoms with E-state index in [0.29, 0.717) is 0 Å². The first-order chi connectivity index (χ1) is 3.77. The van der Waals surface area contributed by atoms with E-state index in [1.165, 1.54) is 0 Å². The van der Waals surface area contributed by atoms with Gasteiger partial charge in [0.05, 0.1) is 5.12 Å². The van der Waals surface area contributed by atoms with Crippen molar-refractivity contribution in [2.75, 3.05) is 20.1 Å². The molecule has 0 radical (unpaired) electrons. The van der Waals surface area contributed by atoms with Crippen molar-refractivity contribution in [2.45, 2.75) is 5.12 Å². The Labute approximate surface area is 58.4 Å². The zero-order chi connectivity index (χ0) is 6.41. The van der Waals surface area contributed by atoms with Gasteiger partial charge in [-0.25, -0.2) is 0 Å². The van der Waals surface area contributed by atoms with Crippen LogP contribution in [0.15, 0.2) is 0 Å². The summed E-state index contributed by atoms with van der Waals surface area (Å²) in [5.74, 6) is 0. The van der Waals surface area contributed by atoms with E-state index in [4.69, 9.17) is 11.6 Å². The van der Waals surface area contributed by atoms with Crippen LogP contribution in [-0.4, -0.2) is 35.5 Å². The summed E-state index contributed by atoms with van der Waals surface area (Å²) in [6, 6.07) is 0. The topological polar surface area (TPSA) is 24.1 Å². The molecule has 0 amide bonds. The van der Waals surface area contributed by atoms with Crippen molar-refractivity contribution < 1.29 is 0 Å². The molecule has 0 saturated carbocycles. The second kappa shape index (κ2) is 5.56. The summed E-state index contributed by atoms with van der Waals surface area (Å²) >= 11 is 5.64. The fourth-order valence-corrected chi connectivity index (χ4v) is 0.794. The van der Waals surface area contributed by atoms with Gasteiger partial charge < -0.3 is 10.6 Å². The first-order valence-electron chi connectivity index (χ1n) is 2.79. The highest BCUT2D eigenvalue weighted by atomic mass is 35.5. The highest BCUT2D eigenvalue weighted by Crippen LogP contribution is 1.77. The van der Waals surface area contributed by atoms with Crippen molar-refractivity contribution in [3.05, 3.63) is 0 Å². The molecule has 0 fully saturated rings. The van der Waals surface area contributed by atoms with Gasteiger partial charge in [-0.05, 0) is 7.05 Å². The fraction of sp³-hybridized carbons (Fsp3) is 1.00. The average molecular weight is 153 g/mol. The molecule has 1 atom stereocenters. The monoisotopic (exact) mass is 152 g/mol. The Morgan fingerprint density at radius 2 is 2.25 bits per heavy atom. The van der Waals surface area contributed by atoms with Crippen molar-refractivity contribution in [1.82, 2.24) is 10.6 Å². The van der Waals surface area contributed by atoms with E-state index in [1.54, 1.807) is 0 Å². The van der Waals surface area contributed by atoms with E-state index >= 15 is 0 Å². The second-order valence-corrected chi connectivity index (χ2v) is 4.21. The third-order valence-electron chi connectivity index (χ3n) is 0.801. The molecule has 0 rings (SSSR count). The zero-order valence-corrected chi connectivity index (χ0v) is 8.13. The van der Waals surface area contributed by atoms with Gasteiger partial charge in [0, 0.05) is 23.3 Å². The fourth-order valence-electron chi connectivity index (χ4n) is 0.396. The number of halogens is 1. The summed E-state index contributed by atoms with van der Waals surface area (Å²) in [7, 11) is 2.94. The number of likely N-dealkylation sites (N-methyl/N-ethyl adjacent to an activating group) is 1. The maximum Gasteiger partial charge on any atom is 0.0621 e. The van der Waals surface area contributed by atoms with Crippen LogP contribution in [0.4, 0.5) is 0 Å². The molecule has 0 saturated heterocycles. The smallest absolute Gasteiger partial charge is 0.0621 e. The van der Waals surface area contributed by atoms with Gasteiger partial charge in [0.25, 0.3) is 0 Å². The molecule has 1 unspecified atom stereocenters. The van der Waals surface area contributed by atoms with E-state index in [0.717, 1.165) is 23.3 Å². The molecule has 50 valence electrons. The van der Waals surface area contributed by atoms with Crippen LogP contribution in [0.3, 0.4) is 0 Å². The molecule has 2 nitrogen and oxygen atoms in total. The number of nitrogens with one attached hydrogen (secondary N) is 2. The lowest BCUT2D eigenvalue weighted by molar-refractivity contribution is 0.687. The number of hydrogen-bond acceptors (Lipinski definition) is 2. The summed E-state index contributed by atoms with van der Waals surface area (Å²) in [5, 5.41) is 6.35. The Morgan fingerprint density at radius 3 is 2.62 bits per heavy atom. The van der Waals surface area contributed by atoms with E-state index in [1.807, 2.05) is 7.05 Å². The van der Waals surface area contributed by atoms with Crippen LogP contribution >= 0.6 is 11.6 Å². The van der Waals surface area contributed by atoms with Crippen LogP contribution in [0.1, 0.15) is 0 Å². The largest absolute Gasteiger partial charge is 0.318 e. The summed E-state index contributed by atoms with van der Waals surface area (Å²) < 4.78 is 0. The van der Waals surface area contributed by atoms with Crippen LogP contribution in [-0.2, 0) is 0 Å². The highest BCUT2D eigenvalue weighted by Gasteiger charge is 1.89. The van der Waals surface area contributed by atoms with E-state index in [2.05, 4.69) is 10.6 Å². The molecule has 0 spiro atoms. The molecule has 8 heavy (non-hydrogen) atoms. The number of alkyl halides is 1. The Bertz CT molecular complexity index is 51.3. The van der Waals surface area contributed by atoms with Gasteiger partial charge in [-0.3, -0.25) is 0 Å². The third-order valence-corrected chi connectivity index (χ3v) is 1.36. The van der Waals surface area contributed by atoms with Gasteiger partial charge in [0.15, 0.2) is 0 Å². The first kappa shape index (κ1) is 8.43. The van der Waals surface area contributed by atoms with Gasteiger partial charge in [0.1, 0.15) is 0 Å². The summed E-state index contributed by atoms with van der Waals surface area (Å²) in [5.41, 5.74) is 0. The molecule has 0 aromatic carbocycles. The maximum atomic E-state index is 5.64. The standard InChI is InChI=1S/C4H13ClN2Si/c1-6-2-3-7-4(5)8/h4,6-7H,2-3H2,1,8H3. The number of rotatable bonds is 4. The number of hydrogen-bond donors (Lipinski definition) is 2. The van der Waals surface area contributed by atoms with E-state index < -0.39 is 0 Å².